The second kappa shape index (κ2) is 39.5. The Bertz CT molecular complexity index is 4060. The predicted molar refractivity (Wildman–Crippen MR) is 391 cm³/mol. The number of carbonyl (C=O) groups is 14. The lowest BCUT2D eigenvalue weighted by atomic mass is 9.99. The van der Waals surface area contributed by atoms with Crippen molar-refractivity contribution in [2.75, 3.05) is 26.2 Å². The van der Waals surface area contributed by atoms with Gasteiger partial charge in [0.15, 0.2) is 5.96 Å². The van der Waals surface area contributed by atoms with E-state index in [2.05, 4.69) is 79.1 Å². The zero-order valence-electron chi connectivity index (χ0n) is 59.5. The fourth-order valence-corrected chi connectivity index (χ4v) is 12.8. The van der Waals surface area contributed by atoms with Gasteiger partial charge in [-0.3, -0.25) is 82.5 Å². The van der Waals surface area contributed by atoms with Crippen molar-refractivity contribution in [2.24, 2.45) is 17.4 Å². The standard InChI is InChI=1S/C73H92ClN19O14/c1-40(2)31-52-65(100)86-51-25-29-80-63(98)49(15-9-28-81-73(76)77)84-60(95)24-23-50(64(99)90-56(69(104)87-52)36-48-14-6-7-27-79-48)85-70(105)57(37-61(96)82-39-58(62(75)97)92-71(106)59-16-10-30-93(59)72(51)107)91-68(103)55(35-44-11-8-26-78-38-44)89-67(102)54(33-42-18-21-47(74)22-19-42)88-66(101)53(83-41(3)94)34-43-17-20-45-12-4-5-13-46(45)32-43/h4-8,11-14,17-22,26-27,32,38,40,49-59H,9-10,15-16,23-25,28-31,33-37,39H2,1-3H3,(H2,75,97)(H,80,98)(H,82,96)(H,83,94)(H,84,95)(H,85,105)(H,86,100)(H,87,104)(H,88,101)(H,89,102)(H,90,99)(H,91,103)(H,92,106)(H4,76,77,81)/t49-,50-,51-,52-,53+,54+,55+,56+,57-,58?,59-/m0/s1. The second-order valence-electron chi connectivity index (χ2n) is 27.0. The van der Waals surface area contributed by atoms with Gasteiger partial charge in [-0.15, -0.1) is 0 Å². The van der Waals surface area contributed by atoms with E-state index in [0.717, 1.165) is 10.8 Å². The van der Waals surface area contributed by atoms with E-state index in [1.165, 1.54) is 30.4 Å². The zero-order valence-corrected chi connectivity index (χ0v) is 60.3. The first kappa shape index (κ1) is 81.0. The number of amides is 14. The highest BCUT2D eigenvalue weighted by molar-refractivity contribution is 6.30. The summed E-state index contributed by atoms with van der Waals surface area (Å²) in [6.45, 7) is 3.71. The van der Waals surface area contributed by atoms with Crippen molar-refractivity contribution in [3.8, 4) is 0 Å². The number of halogens is 1. The molecule has 3 aliphatic heterocycles. The van der Waals surface area contributed by atoms with Crippen molar-refractivity contribution in [2.45, 2.75) is 171 Å². The smallest absolute Gasteiger partial charge is 0.245 e. The van der Waals surface area contributed by atoms with Crippen LogP contribution in [0.15, 0.2) is 116 Å². The van der Waals surface area contributed by atoms with Crippen molar-refractivity contribution >= 4 is 111 Å². The van der Waals surface area contributed by atoms with Gasteiger partial charge in [0.2, 0.25) is 82.7 Å². The van der Waals surface area contributed by atoms with Gasteiger partial charge in [0.1, 0.15) is 66.5 Å². The first-order valence-corrected chi connectivity index (χ1v) is 35.8. The quantitative estimate of drug-likeness (QED) is 0.0155. The van der Waals surface area contributed by atoms with Crippen LogP contribution in [0.3, 0.4) is 0 Å². The predicted octanol–water partition coefficient (Wildman–Crippen LogP) is -1.97. The largest absolute Gasteiger partial charge is 0.370 e. The maximum atomic E-state index is 15.4. The first-order chi connectivity index (χ1) is 51.2. The molecular formula is C73H92ClN19O14. The molecule has 11 atom stereocenters. The van der Waals surface area contributed by atoms with E-state index in [9.17, 15) is 47.9 Å². The Kier molecular flexibility index (Phi) is 29.9. The highest BCUT2D eigenvalue weighted by Gasteiger charge is 2.42. The molecule has 1 unspecified atom stereocenters. The molecule has 5 aromatic rings. The van der Waals surface area contributed by atoms with E-state index < -0.39 is 175 Å². The number of pyridine rings is 2. The van der Waals surface area contributed by atoms with Crippen LogP contribution < -0.4 is 80.6 Å². The third-order valence-corrected chi connectivity index (χ3v) is 18.4. The Morgan fingerprint density at radius 1 is 0.626 bits per heavy atom. The molecule has 34 heteroatoms. The molecule has 18 N–H and O–H groups in total. The summed E-state index contributed by atoms with van der Waals surface area (Å²) in [6, 6.07) is 9.89. The fraction of sp³-hybridized carbons (Fsp3) is 0.438. The lowest BCUT2D eigenvalue weighted by molar-refractivity contribution is -0.142. The number of primary amides is 1. The molecule has 3 aliphatic rings. The minimum atomic E-state index is -2.09. The molecule has 0 aliphatic carbocycles. The lowest BCUT2D eigenvalue weighted by Crippen LogP contribution is -2.61. The molecule has 107 heavy (non-hydrogen) atoms. The number of nitrogens with one attached hydrogen (secondary N) is 14. The summed E-state index contributed by atoms with van der Waals surface area (Å²) in [5, 5.41) is 44.1. The molecule has 3 aromatic carbocycles. The average molecular weight is 1500 g/mol. The number of benzene rings is 3. The Labute approximate surface area is 622 Å². The van der Waals surface area contributed by atoms with Gasteiger partial charge < -0.3 is 85.5 Å². The number of aromatic nitrogens is 2. The van der Waals surface area contributed by atoms with Gasteiger partial charge in [-0.1, -0.05) is 92.2 Å². The van der Waals surface area contributed by atoms with Crippen LogP contribution in [0.1, 0.15) is 101 Å². The molecule has 3 fully saturated rings. The van der Waals surface area contributed by atoms with Crippen LogP contribution in [0, 0.1) is 11.3 Å². The van der Waals surface area contributed by atoms with Gasteiger partial charge in [-0.05, 0) is 109 Å². The van der Waals surface area contributed by atoms with Gasteiger partial charge in [-0.25, -0.2) is 0 Å². The SMILES string of the molecule is CC(=O)N[C@H](Cc1ccc2ccccc2c1)C(=O)N[C@H](Cc1ccc(Cl)cc1)C(=O)N[C@H](Cc1cccnc1)C(=O)N[C@H]1CC(=O)NCC(C(N)=O)NC(=O)[C@@H]2CCCN2C(=O)[C@@H]2CCNC(=O)[C@H](CCCNC(=N)N)NC(=O)CC[C@H](NC1=O)C(=O)N[C@H](Cc1ccccn1)C(=O)N[C@@H](CC(C)C)C(=O)N2. The summed E-state index contributed by atoms with van der Waals surface area (Å²) >= 11 is 6.28. The molecule has 2 aromatic heterocycles. The summed E-state index contributed by atoms with van der Waals surface area (Å²) in [5.41, 5.74) is 13.1. The van der Waals surface area contributed by atoms with Crippen LogP contribution >= 0.6 is 11.6 Å². The Morgan fingerprint density at radius 2 is 1.29 bits per heavy atom. The number of hydrogen-bond donors (Lipinski definition) is 16. The van der Waals surface area contributed by atoms with Crippen LogP contribution in [0.25, 0.3) is 10.8 Å². The van der Waals surface area contributed by atoms with Gasteiger partial charge in [0, 0.05) is 94.5 Å². The van der Waals surface area contributed by atoms with E-state index in [0.29, 0.717) is 21.7 Å². The molecule has 0 spiro atoms. The van der Waals surface area contributed by atoms with Gasteiger partial charge in [-0.2, -0.15) is 0 Å². The third-order valence-electron chi connectivity index (χ3n) is 18.1. The van der Waals surface area contributed by atoms with E-state index in [1.807, 2.05) is 36.4 Å². The maximum Gasteiger partial charge on any atom is 0.245 e. The Morgan fingerprint density at radius 3 is 1.97 bits per heavy atom. The monoisotopic (exact) mass is 1490 g/mol. The number of fused-ring (bicyclic) bond motifs is 11. The van der Waals surface area contributed by atoms with Crippen LogP contribution in [0.4, 0.5) is 0 Å². The summed E-state index contributed by atoms with van der Waals surface area (Å²) in [7, 11) is 0. The summed E-state index contributed by atoms with van der Waals surface area (Å²) in [4.78, 5) is 214. The third kappa shape index (κ3) is 25.0. The zero-order chi connectivity index (χ0) is 77.3. The Balaban J connectivity index is 1.20. The van der Waals surface area contributed by atoms with Crippen LogP contribution in [-0.4, -0.2) is 196 Å². The molecule has 0 radical (unpaired) electrons. The van der Waals surface area contributed by atoms with E-state index in [1.54, 1.807) is 74.5 Å². The molecule has 3 saturated heterocycles. The van der Waals surface area contributed by atoms with Crippen LogP contribution in [0.5, 0.6) is 0 Å². The number of nitrogens with zero attached hydrogens (tertiary/aromatic N) is 3. The summed E-state index contributed by atoms with van der Waals surface area (Å²) in [5.74, 6) is -14.0. The van der Waals surface area contributed by atoms with Crippen molar-refractivity contribution in [1.82, 2.24) is 84.0 Å². The van der Waals surface area contributed by atoms with Crippen molar-refractivity contribution in [3.63, 3.8) is 0 Å². The number of carbonyl (C=O) groups excluding carboxylic acids is 14. The summed E-state index contributed by atoms with van der Waals surface area (Å²) in [6.07, 6.45) is 0.965. The molecule has 2 bridgehead atoms. The van der Waals surface area contributed by atoms with Crippen molar-refractivity contribution in [3.05, 3.63) is 143 Å². The van der Waals surface area contributed by atoms with E-state index >= 15 is 19.2 Å². The van der Waals surface area contributed by atoms with Crippen LogP contribution in [-0.2, 0) is 92.8 Å². The van der Waals surface area contributed by atoms with Crippen LogP contribution in [0.2, 0.25) is 5.02 Å². The van der Waals surface area contributed by atoms with E-state index in [4.69, 9.17) is 28.5 Å². The molecule has 570 valence electrons. The molecule has 33 nitrogen and oxygen atoms in total. The van der Waals surface area contributed by atoms with E-state index in [-0.39, 0.29) is 101 Å². The molecule has 8 rings (SSSR count). The number of guanidine groups is 1. The first-order valence-electron chi connectivity index (χ1n) is 35.4. The fourth-order valence-electron chi connectivity index (χ4n) is 12.6. The molecule has 5 heterocycles. The van der Waals surface area contributed by atoms with Crippen molar-refractivity contribution in [1.29, 1.82) is 5.41 Å². The van der Waals surface area contributed by atoms with Gasteiger partial charge >= 0.3 is 0 Å². The molecule has 0 saturated carbocycles. The number of nitrogens with two attached hydrogens (primary N) is 2. The minimum Gasteiger partial charge on any atom is -0.370 e. The average Bonchev–Trinajstić information content (AvgIpc) is 1.79. The molecule has 14 amide bonds. The summed E-state index contributed by atoms with van der Waals surface area (Å²) < 4.78 is 0. The number of hydrogen-bond acceptors (Lipinski definition) is 17. The van der Waals surface area contributed by atoms with Gasteiger partial charge in [0.25, 0.3) is 0 Å². The van der Waals surface area contributed by atoms with Crippen molar-refractivity contribution < 1.29 is 67.1 Å². The Hall–Kier alpha value is -11.6. The highest BCUT2D eigenvalue weighted by Crippen LogP contribution is 2.22. The topological polar surface area (TPSA) is 500 Å². The lowest BCUT2D eigenvalue weighted by Gasteiger charge is -2.31. The normalized spacial score (nSPS) is 21.9. The van der Waals surface area contributed by atoms with Gasteiger partial charge in [0.05, 0.1) is 6.42 Å². The maximum absolute atomic E-state index is 15.4. The molecular weight excluding hydrogens is 1400 g/mol. The second-order valence-corrected chi connectivity index (χ2v) is 27.4. The minimum absolute atomic E-state index is 0.0226. The number of rotatable bonds is 22. The highest BCUT2D eigenvalue weighted by atomic mass is 35.5.